The molecule has 2 aromatic rings. The first-order chi connectivity index (χ1) is 8.56. The molecule has 6 nitrogen and oxygen atoms in total. The molecule has 0 aliphatic heterocycles. The second-order valence-electron chi connectivity index (χ2n) is 3.17. The van der Waals surface area contributed by atoms with Gasteiger partial charge in [-0.1, -0.05) is 23.2 Å². The van der Waals surface area contributed by atoms with E-state index in [-0.39, 0.29) is 22.5 Å². The molecule has 18 heavy (non-hydrogen) atoms. The van der Waals surface area contributed by atoms with Gasteiger partial charge in [0.05, 0.1) is 4.92 Å². The molecule has 0 aliphatic carbocycles. The van der Waals surface area contributed by atoms with Gasteiger partial charge in [0.1, 0.15) is 0 Å². The van der Waals surface area contributed by atoms with Crippen LogP contribution in [0.25, 0.3) is 0 Å². The quantitative estimate of drug-likeness (QED) is 0.637. The number of hydrogen-bond donors (Lipinski definition) is 0. The van der Waals surface area contributed by atoms with E-state index < -0.39 is 4.92 Å². The lowest BCUT2D eigenvalue weighted by molar-refractivity contribution is -0.385. The molecule has 1 aromatic heterocycles. The Morgan fingerprint density at radius 2 is 1.94 bits per heavy atom. The second-order valence-corrected chi connectivity index (χ2v) is 3.99. The van der Waals surface area contributed by atoms with Gasteiger partial charge in [-0.05, 0) is 12.1 Å². The van der Waals surface area contributed by atoms with E-state index in [1.54, 1.807) is 0 Å². The van der Waals surface area contributed by atoms with E-state index in [0.29, 0.717) is 5.02 Å². The summed E-state index contributed by atoms with van der Waals surface area (Å²) in [7, 11) is 0. The molecule has 1 heterocycles. The minimum Gasteiger partial charge on any atom is -0.430 e. The molecule has 0 unspecified atom stereocenters. The van der Waals surface area contributed by atoms with Crippen LogP contribution in [0, 0.1) is 10.1 Å². The van der Waals surface area contributed by atoms with Crippen LogP contribution in [0.4, 0.5) is 5.69 Å². The number of ether oxygens (including phenoxy) is 1. The number of benzene rings is 1. The molecule has 0 radical (unpaired) electrons. The third-order valence-corrected chi connectivity index (χ3v) is 2.38. The first-order valence-electron chi connectivity index (χ1n) is 4.67. The van der Waals surface area contributed by atoms with Crippen LogP contribution in [0.5, 0.6) is 11.6 Å². The van der Waals surface area contributed by atoms with Crippen molar-refractivity contribution >= 4 is 28.9 Å². The molecule has 2 rings (SSSR count). The summed E-state index contributed by atoms with van der Waals surface area (Å²) in [4.78, 5) is 10.2. The van der Waals surface area contributed by atoms with Crippen LogP contribution in [0.2, 0.25) is 10.2 Å². The monoisotopic (exact) mass is 285 g/mol. The summed E-state index contributed by atoms with van der Waals surface area (Å²) in [5.41, 5.74) is -0.212. The number of nitrogens with zero attached hydrogens (tertiary/aromatic N) is 3. The highest BCUT2D eigenvalue weighted by molar-refractivity contribution is 6.30. The van der Waals surface area contributed by atoms with Crippen molar-refractivity contribution in [3.63, 3.8) is 0 Å². The van der Waals surface area contributed by atoms with Crippen molar-refractivity contribution in [2.75, 3.05) is 0 Å². The lowest BCUT2D eigenvalue weighted by Gasteiger charge is -2.04. The number of halogens is 2. The van der Waals surface area contributed by atoms with E-state index in [0.717, 1.165) is 0 Å². The fourth-order valence-electron chi connectivity index (χ4n) is 1.19. The van der Waals surface area contributed by atoms with Crippen molar-refractivity contribution in [3.05, 3.63) is 50.6 Å². The molecule has 0 saturated carbocycles. The summed E-state index contributed by atoms with van der Waals surface area (Å²) in [5.74, 6) is 0.0777. The van der Waals surface area contributed by atoms with Crippen LogP contribution < -0.4 is 4.74 Å². The summed E-state index contributed by atoms with van der Waals surface area (Å²) in [5, 5.41) is 18.5. The van der Waals surface area contributed by atoms with Gasteiger partial charge in [0.25, 0.3) is 0 Å². The molecule has 1 aromatic carbocycles. The summed E-state index contributed by atoms with van der Waals surface area (Å²) in [6.07, 6.45) is 0. The Balaban J connectivity index is 2.35. The smallest absolute Gasteiger partial charge is 0.311 e. The Kier molecular flexibility index (Phi) is 3.59. The molecule has 0 atom stereocenters. The van der Waals surface area contributed by atoms with Crippen LogP contribution in [0.1, 0.15) is 0 Å². The molecule has 0 spiro atoms. The summed E-state index contributed by atoms with van der Waals surface area (Å²) < 4.78 is 5.25. The van der Waals surface area contributed by atoms with E-state index in [1.807, 2.05) is 0 Å². The Bertz CT molecular complexity index is 589. The fourth-order valence-corrected chi connectivity index (χ4v) is 1.45. The van der Waals surface area contributed by atoms with Crippen LogP contribution >= 0.6 is 23.2 Å². The summed E-state index contributed by atoms with van der Waals surface area (Å²) >= 11 is 11.3. The van der Waals surface area contributed by atoms with Crippen molar-refractivity contribution in [1.82, 2.24) is 10.2 Å². The summed E-state index contributed by atoms with van der Waals surface area (Å²) in [6, 6.07) is 6.89. The first kappa shape index (κ1) is 12.5. The number of nitro groups is 1. The van der Waals surface area contributed by atoms with Gasteiger partial charge < -0.3 is 4.74 Å². The molecule has 0 saturated heterocycles. The third kappa shape index (κ3) is 2.85. The molecule has 0 fully saturated rings. The van der Waals surface area contributed by atoms with Crippen molar-refractivity contribution < 1.29 is 9.66 Å². The van der Waals surface area contributed by atoms with Gasteiger partial charge in [0, 0.05) is 23.2 Å². The van der Waals surface area contributed by atoms with Crippen LogP contribution in [0.15, 0.2) is 30.3 Å². The Hall–Kier alpha value is -1.92. The third-order valence-electron chi connectivity index (χ3n) is 1.94. The van der Waals surface area contributed by atoms with Gasteiger partial charge >= 0.3 is 5.69 Å². The van der Waals surface area contributed by atoms with Crippen molar-refractivity contribution in [2.24, 2.45) is 0 Å². The van der Waals surface area contributed by atoms with Crippen LogP contribution in [0.3, 0.4) is 0 Å². The molecule has 0 amide bonds. The van der Waals surface area contributed by atoms with Crippen molar-refractivity contribution in [2.45, 2.75) is 0 Å². The topological polar surface area (TPSA) is 78.2 Å². The number of aromatic nitrogens is 2. The maximum atomic E-state index is 10.8. The zero-order chi connectivity index (χ0) is 13.1. The normalized spacial score (nSPS) is 10.1. The highest BCUT2D eigenvalue weighted by Crippen LogP contribution is 2.32. The zero-order valence-electron chi connectivity index (χ0n) is 8.71. The zero-order valence-corrected chi connectivity index (χ0v) is 10.2. The minimum absolute atomic E-state index is 0.0101. The lowest BCUT2D eigenvalue weighted by Crippen LogP contribution is -1.95. The summed E-state index contributed by atoms with van der Waals surface area (Å²) in [6.45, 7) is 0. The van der Waals surface area contributed by atoms with Gasteiger partial charge in [-0.2, -0.15) is 0 Å². The van der Waals surface area contributed by atoms with Gasteiger partial charge in [0.15, 0.2) is 5.15 Å². The van der Waals surface area contributed by atoms with Crippen LogP contribution in [-0.2, 0) is 0 Å². The highest BCUT2D eigenvalue weighted by Gasteiger charge is 2.16. The standard InChI is InChI=1S/C10H5Cl2N3O3/c11-6-1-2-7(15(16)17)8(5-6)18-10-4-3-9(12)13-14-10/h1-5H. The maximum Gasteiger partial charge on any atom is 0.311 e. The van der Waals surface area contributed by atoms with Gasteiger partial charge in [-0.15, -0.1) is 10.2 Å². The Morgan fingerprint density at radius 1 is 1.17 bits per heavy atom. The Labute approximate surface area is 111 Å². The largest absolute Gasteiger partial charge is 0.430 e. The average Bonchev–Trinajstić information content (AvgIpc) is 2.32. The van der Waals surface area contributed by atoms with E-state index >= 15 is 0 Å². The van der Waals surface area contributed by atoms with Crippen molar-refractivity contribution in [3.8, 4) is 11.6 Å². The first-order valence-corrected chi connectivity index (χ1v) is 5.43. The predicted octanol–water partition coefficient (Wildman–Crippen LogP) is 3.48. The van der Waals surface area contributed by atoms with Gasteiger partial charge in [-0.25, -0.2) is 0 Å². The maximum absolute atomic E-state index is 10.8. The van der Waals surface area contributed by atoms with E-state index in [2.05, 4.69) is 10.2 Å². The van der Waals surface area contributed by atoms with Crippen molar-refractivity contribution in [1.29, 1.82) is 0 Å². The number of nitro benzene ring substituents is 1. The number of hydrogen-bond acceptors (Lipinski definition) is 5. The molecular weight excluding hydrogens is 281 g/mol. The SMILES string of the molecule is O=[N+]([O-])c1ccc(Cl)cc1Oc1ccc(Cl)nn1. The highest BCUT2D eigenvalue weighted by atomic mass is 35.5. The second kappa shape index (κ2) is 5.16. The predicted molar refractivity (Wildman–Crippen MR) is 65.2 cm³/mol. The minimum atomic E-state index is -0.574. The van der Waals surface area contributed by atoms with Crippen LogP contribution in [-0.4, -0.2) is 15.1 Å². The molecule has 0 aliphatic rings. The molecule has 8 heteroatoms. The molecule has 0 N–H and O–H groups in total. The van der Waals surface area contributed by atoms with E-state index in [1.165, 1.54) is 30.3 Å². The molecule has 0 bridgehead atoms. The average molecular weight is 286 g/mol. The Morgan fingerprint density at radius 3 is 2.56 bits per heavy atom. The lowest BCUT2D eigenvalue weighted by atomic mass is 10.3. The molecule has 92 valence electrons. The number of rotatable bonds is 3. The van der Waals surface area contributed by atoms with Gasteiger partial charge in [0.2, 0.25) is 11.6 Å². The molecular formula is C10H5Cl2N3O3. The fraction of sp³-hybridized carbons (Fsp3) is 0. The van der Waals surface area contributed by atoms with E-state index in [4.69, 9.17) is 27.9 Å². The van der Waals surface area contributed by atoms with Gasteiger partial charge in [-0.3, -0.25) is 10.1 Å². The van der Waals surface area contributed by atoms with E-state index in [9.17, 15) is 10.1 Å².